The molecule has 88 valence electrons. The zero-order valence-corrected chi connectivity index (χ0v) is 11.3. The summed E-state index contributed by atoms with van der Waals surface area (Å²) >= 11 is 3.66. The minimum Gasteiger partial charge on any atom is -0.356 e. The Kier molecular flexibility index (Phi) is 2.67. The molecular weight excluding hydrogens is 278 g/mol. The molecule has 0 bridgehead atoms. The van der Waals surface area contributed by atoms with Crippen LogP contribution >= 0.6 is 15.9 Å². The first kappa shape index (κ1) is 10.8. The quantitative estimate of drug-likeness (QED) is 0.872. The highest BCUT2D eigenvalue weighted by Gasteiger charge is 2.18. The highest BCUT2D eigenvalue weighted by atomic mass is 79.9. The molecule has 0 atom stereocenters. The second-order valence-electron chi connectivity index (χ2n) is 4.38. The summed E-state index contributed by atoms with van der Waals surface area (Å²) in [7, 11) is 0. The Hall–Kier alpha value is -1.29. The summed E-state index contributed by atoms with van der Waals surface area (Å²) in [4.78, 5) is 4.67. The molecule has 1 N–H and O–H groups in total. The van der Waals surface area contributed by atoms with Crippen molar-refractivity contribution in [2.75, 3.05) is 11.9 Å². The van der Waals surface area contributed by atoms with Gasteiger partial charge in [-0.2, -0.15) is 0 Å². The van der Waals surface area contributed by atoms with E-state index in [1.165, 1.54) is 11.1 Å². The summed E-state index contributed by atoms with van der Waals surface area (Å²) in [6.07, 6.45) is 1.15. The molecule has 0 saturated heterocycles. The molecule has 0 spiro atoms. The van der Waals surface area contributed by atoms with Crippen molar-refractivity contribution in [1.82, 2.24) is 9.55 Å². The average Bonchev–Trinajstić information content (AvgIpc) is 2.68. The van der Waals surface area contributed by atoms with Crippen LogP contribution in [0.4, 0.5) is 5.95 Å². The van der Waals surface area contributed by atoms with Crippen molar-refractivity contribution in [2.24, 2.45) is 0 Å². The Labute approximate surface area is 109 Å². The number of hydrogen-bond acceptors (Lipinski definition) is 2. The monoisotopic (exact) mass is 291 g/mol. The standard InChI is InChI=1S/C13H14BrN3/c1-9-4-2-5-10(8-9)11-12(14)17-7-3-6-15-13(17)16-11/h2,4-5,8H,3,6-7H2,1H3,(H,15,16). The predicted octanol–water partition coefficient (Wildman–Crippen LogP) is 3.44. The van der Waals surface area contributed by atoms with Crippen LogP contribution in [0.25, 0.3) is 11.3 Å². The second kappa shape index (κ2) is 4.18. The Morgan fingerprint density at radius 2 is 2.29 bits per heavy atom. The van der Waals surface area contributed by atoms with E-state index < -0.39 is 0 Å². The molecule has 0 radical (unpaired) electrons. The van der Waals surface area contributed by atoms with Crippen LogP contribution in [0.2, 0.25) is 0 Å². The molecule has 4 heteroatoms. The van der Waals surface area contributed by atoms with Gasteiger partial charge in [0.15, 0.2) is 0 Å². The van der Waals surface area contributed by atoms with Crippen molar-refractivity contribution in [3.05, 3.63) is 34.4 Å². The topological polar surface area (TPSA) is 29.9 Å². The van der Waals surface area contributed by atoms with Gasteiger partial charge in [0.05, 0.1) is 0 Å². The molecule has 3 rings (SSSR count). The van der Waals surface area contributed by atoms with Gasteiger partial charge in [-0.25, -0.2) is 4.98 Å². The number of hydrogen-bond donors (Lipinski definition) is 1. The first-order valence-corrected chi connectivity index (χ1v) is 6.62. The summed E-state index contributed by atoms with van der Waals surface area (Å²) in [6, 6.07) is 8.44. The first-order valence-electron chi connectivity index (χ1n) is 5.82. The molecule has 2 aromatic rings. The number of aromatic nitrogens is 2. The fourth-order valence-corrected chi connectivity index (χ4v) is 2.85. The van der Waals surface area contributed by atoms with Crippen LogP contribution in [0.3, 0.4) is 0 Å². The van der Waals surface area contributed by atoms with Crippen LogP contribution < -0.4 is 5.32 Å². The molecule has 3 nitrogen and oxygen atoms in total. The third kappa shape index (κ3) is 1.86. The molecule has 0 amide bonds. The molecule has 0 fully saturated rings. The van der Waals surface area contributed by atoms with Crippen LogP contribution in [0.5, 0.6) is 0 Å². The number of anilines is 1. The summed E-state index contributed by atoms with van der Waals surface area (Å²) in [6.45, 7) is 4.14. The number of halogens is 1. The molecule has 1 aromatic heterocycles. The number of imidazole rings is 1. The van der Waals surface area contributed by atoms with E-state index in [1.807, 2.05) is 0 Å². The lowest BCUT2D eigenvalue weighted by atomic mass is 10.1. The van der Waals surface area contributed by atoms with E-state index in [9.17, 15) is 0 Å². The zero-order chi connectivity index (χ0) is 11.8. The molecule has 0 aliphatic carbocycles. The summed E-state index contributed by atoms with van der Waals surface area (Å²) < 4.78 is 3.27. The van der Waals surface area contributed by atoms with Gasteiger partial charge in [0.2, 0.25) is 5.95 Å². The Bertz CT molecular complexity index is 560. The van der Waals surface area contributed by atoms with E-state index in [1.54, 1.807) is 0 Å². The fraction of sp³-hybridized carbons (Fsp3) is 0.308. The zero-order valence-electron chi connectivity index (χ0n) is 9.70. The normalized spacial score (nSPS) is 14.2. The average molecular weight is 292 g/mol. The highest BCUT2D eigenvalue weighted by molar-refractivity contribution is 9.10. The maximum Gasteiger partial charge on any atom is 0.204 e. The van der Waals surface area contributed by atoms with Crippen LogP contribution in [0.15, 0.2) is 28.9 Å². The van der Waals surface area contributed by atoms with Gasteiger partial charge in [-0.3, -0.25) is 0 Å². The minimum atomic E-state index is 0.972. The Balaban J connectivity index is 2.12. The van der Waals surface area contributed by atoms with Crippen LogP contribution in [0, 0.1) is 6.92 Å². The van der Waals surface area contributed by atoms with Crippen molar-refractivity contribution >= 4 is 21.9 Å². The molecule has 1 aliphatic rings. The third-order valence-electron chi connectivity index (χ3n) is 3.04. The summed E-state index contributed by atoms with van der Waals surface area (Å²) in [5, 5.41) is 3.33. The van der Waals surface area contributed by atoms with Crippen molar-refractivity contribution in [3.63, 3.8) is 0 Å². The molecule has 1 aromatic carbocycles. The van der Waals surface area contributed by atoms with E-state index in [4.69, 9.17) is 0 Å². The second-order valence-corrected chi connectivity index (χ2v) is 5.13. The maximum atomic E-state index is 4.67. The van der Waals surface area contributed by atoms with Gasteiger partial charge in [-0.05, 0) is 35.3 Å². The molecule has 0 unspecified atom stereocenters. The lowest BCUT2D eigenvalue weighted by Crippen LogP contribution is -2.17. The van der Waals surface area contributed by atoms with Gasteiger partial charge in [-0.1, -0.05) is 23.8 Å². The largest absolute Gasteiger partial charge is 0.356 e. The van der Waals surface area contributed by atoms with Gasteiger partial charge < -0.3 is 9.88 Å². The number of nitrogens with one attached hydrogen (secondary N) is 1. The van der Waals surface area contributed by atoms with Crippen molar-refractivity contribution in [3.8, 4) is 11.3 Å². The maximum absolute atomic E-state index is 4.67. The number of fused-ring (bicyclic) bond motifs is 1. The van der Waals surface area contributed by atoms with Gasteiger partial charge in [-0.15, -0.1) is 0 Å². The van der Waals surface area contributed by atoms with E-state index in [0.717, 1.165) is 35.8 Å². The van der Waals surface area contributed by atoms with Crippen molar-refractivity contribution in [1.29, 1.82) is 0 Å². The van der Waals surface area contributed by atoms with Gasteiger partial charge in [0.1, 0.15) is 10.3 Å². The van der Waals surface area contributed by atoms with Gasteiger partial charge in [0, 0.05) is 18.7 Å². The Morgan fingerprint density at radius 3 is 3.06 bits per heavy atom. The smallest absolute Gasteiger partial charge is 0.204 e. The molecule has 17 heavy (non-hydrogen) atoms. The van der Waals surface area contributed by atoms with Crippen molar-refractivity contribution < 1.29 is 0 Å². The fourth-order valence-electron chi connectivity index (χ4n) is 2.19. The van der Waals surface area contributed by atoms with Crippen LogP contribution in [-0.4, -0.2) is 16.1 Å². The van der Waals surface area contributed by atoms with E-state index in [2.05, 4.69) is 62.0 Å². The lowest BCUT2D eigenvalue weighted by Gasteiger charge is -2.15. The van der Waals surface area contributed by atoms with E-state index >= 15 is 0 Å². The summed E-state index contributed by atoms with van der Waals surface area (Å²) in [5.74, 6) is 0.972. The lowest BCUT2D eigenvalue weighted by molar-refractivity contribution is 0.618. The molecule has 1 aliphatic heterocycles. The minimum absolute atomic E-state index is 0.972. The molecular formula is C13H14BrN3. The van der Waals surface area contributed by atoms with E-state index in [-0.39, 0.29) is 0 Å². The molecule has 0 saturated carbocycles. The summed E-state index contributed by atoms with van der Waals surface area (Å²) in [5.41, 5.74) is 3.45. The van der Waals surface area contributed by atoms with Gasteiger partial charge >= 0.3 is 0 Å². The molecule has 2 heterocycles. The van der Waals surface area contributed by atoms with Crippen LogP contribution in [-0.2, 0) is 6.54 Å². The SMILES string of the molecule is Cc1cccc(-c2nc3n(c2Br)CCCN3)c1. The van der Waals surface area contributed by atoms with E-state index in [0.29, 0.717) is 0 Å². The number of benzene rings is 1. The number of nitrogens with zero attached hydrogens (tertiary/aromatic N) is 2. The third-order valence-corrected chi connectivity index (χ3v) is 3.84. The number of rotatable bonds is 1. The predicted molar refractivity (Wildman–Crippen MR) is 73.2 cm³/mol. The Morgan fingerprint density at radius 1 is 1.41 bits per heavy atom. The van der Waals surface area contributed by atoms with Crippen molar-refractivity contribution in [2.45, 2.75) is 19.9 Å². The first-order chi connectivity index (χ1) is 8.25. The van der Waals surface area contributed by atoms with Gasteiger partial charge in [0.25, 0.3) is 0 Å². The van der Waals surface area contributed by atoms with Crippen LogP contribution in [0.1, 0.15) is 12.0 Å². The highest BCUT2D eigenvalue weighted by Crippen LogP contribution is 2.32. The number of aryl methyl sites for hydroxylation is 1.